The summed E-state index contributed by atoms with van der Waals surface area (Å²) in [5.74, 6) is -0.0482. The van der Waals surface area contributed by atoms with E-state index in [2.05, 4.69) is 5.32 Å². The molecule has 0 radical (unpaired) electrons. The molecule has 2 aliphatic rings. The molecule has 1 aliphatic carbocycles. The fraction of sp³-hybridized carbons (Fsp3) is 0.500. The first-order valence-electron chi connectivity index (χ1n) is 13.4. The highest BCUT2D eigenvalue weighted by Gasteiger charge is 2.47. The van der Waals surface area contributed by atoms with Crippen molar-refractivity contribution in [3.8, 4) is 0 Å². The monoisotopic (exact) mass is 660 g/mol. The molecule has 2 aromatic rings. The van der Waals surface area contributed by atoms with Gasteiger partial charge in [0.2, 0.25) is 0 Å². The summed E-state index contributed by atoms with van der Waals surface area (Å²) >= 11 is 5.97. The van der Waals surface area contributed by atoms with E-state index in [1.165, 1.54) is 4.90 Å². The molecule has 44 heavy (non-hydrogen) atoms. The Bertz CT molecular complexity index is 1370. The zero-order chi connectivity index (χ0) is 32.8. The fourth-order valence-corrected chi connectivity index (χ4v) is 5.32. The summed E-state index contributed by atoms with van der Waals surface area (Å²) in [6.45, 7) is 2.55. The van der Waals surface area contributed by atoms with E-state index in [1.54, 1.807) is 13.8 Å². The maximum Gasteiger partial charge on any atom is 0.417 e. The number of carbonyl (C=O) groups is 2. The summed E-state index contributed by atoms with van der Waals surface area (Å²) in [6.07, 6.45) is -16.7. The van der Waals surface area contributed by atoms with E-state index in [0.717, 1.165) is 6.07 Å². The largest absolute Gasteiger partial charge is 0.449 e. The number of alkyl carbamates (subject to hydrolysis) is 1. The molecule has 6 nitrogen and oxygen atoms in total. The number of nitrogens with zero attached hydrogens (tertiary/aromatic N) is 1. The number of hydrogen-bond donors (Lipinski definition) is 1. The number of nitrogens with one attached hydrogen (secondary N) is 1. The molecule has 16 heteroatoms. The Morgan fingerprint density at radius 3 is 2.02 bits per heavy atom. The summed E-state index contributed by atoms with van der Waals surface area (Å²) in [7, 11) is 0. The second-order valence-electron chi connectivity index (χ2n) is 10.8. The maximum atomic E-state index is 13.7. The van der Waals surface area contributed by atoms with Crippen molar-refractivity contribution in [3.63, 3.8) is 0 Å². The van der Waals surface area contributed by atoms with Gasteiger partial charge in [-0.2, -0.15) is 39.5 Å². The van der Waals surface area contributed by atoms with Crippen LogP contribution in [0.5, 0.6) is 0 Å². The van der Waals surface area contributed by atoms with Gasteiger partial charge in [-0.05, 0) is 80.5 Å². The maximum absolute atomic E-state index is 13.7. The number of carbonyl (C=O) groups excluding carboxylic acids is 2. The van der Waals surface area contributed by atoms with Crippen LogP contribution in [-0.4, -0.2) is 30.9 Å². The Balaban J connectivity index is 1.57. The lowest BCUT2D eigenvalue weighted by atomic mass is 9.88. The number of halogens is 10. The van der Waals surface area contributed by atoms with Crippen LogP contribution in [0.4, 0.5) is 54.8 Å². The predicted octanol–water partition coefficient (Wildman–Crippen LogP) is 8.94. The number of rotatable bonds is 6. The highest BCUT2D eigenvalue weighted by atomic mass is 35.5. The van der Waals surface area contributed by atoms with Crippen LogP contribution in [0, 0.1) is 5.92 Å². The standard InChI is InChI=1S/C28H26ClF9N2O4/c1-13(2)44-25(42)40-22(15-3-4-15)12-21(18-10-19(28(36,37)38)20(29)11-23(18)40)39-24(41)43-6-5-14-7-16(26(30,31)32)9-17(8-14)27(33,34)35/h7-11,13,15,21-22H,3-6,12H2,1-2H3,(H,39,41). The van der Waals surface area contributed by atoms with E-state index < -0.39 is 89.2 Å². The van der Waals surface area contributed by atoms with Gasteiger partial charge in [-0.1, -0.05) is 11.6 Å². The number of hydrogen-bond acceptors (Lipinski definition) is 4. The average molecular weight is 661 g/mol. The van der Waals surface area contributed by atoms with Gasteiger partial charge in [0.05, 0.1) is 46.2 Å². The molecule has 1 fully saturated rings. The first kappa shape index (κ1) is 33.5. The Labute approximate surface area is 250 Å². The van der Waals surface area contributed by atoms with Crippen LogP contribution < -0.4 is 10.2 Å². The molecule has 1 saturated carbocycles. The van der Waals surface area contributed by atoms with Crippen molar-refractivity contribution in [1.82, 2.24) is 5.32 Å². The molecule has 0 saturated heterocycles. The first-order valence-corrected chi connectivity index (χ1v) is 13.8. The zero-order valence-corrected chi connectivity index (χ0v) is 23.8. The van der Waals surface area contributed by atoms with Crippen molar-refractivity contribution in [2.75, 3.05) is 11.5 Å². The van der Waals surface area contributed by atoms with Crippen LogP contribution in [0.1, 0.15) is 67.0 Å². The molecule has 1 N–H and O–H groups in total. The number of anilines is 1. The fourth-order valence-electron chi connectivity index (χ4n) is 5.06. The van der Waals surface area contributed by atoms with E-state index in [1.807, 2.05) is 0 Å². The third-order valence-corrected chi connectivity index (χ3v) is 7.44. The minimum absolute atomic E-state index is 0.00857. The Morgan fingerprint density at radius 1 is 0.932 bits per heavy atom. The van der Waals surface area contributed by atoms with Gasteiger partial charge in [0.1, 0.15) is 0 Å². The minimum Gasteiger partial charge on any atom is -0.449 e. The molecule has 0 spiro atoms. The van der Waals surface area contributed by atoms with Gasteiger partial charge >= 0.3 is 30.7 Å². The van der Waals surface area contributed by atoms with Gasteiger partial charge in [0.25, 0.3) is 0 Å². The average Bonchev–Trinajstić information content (AvgIpc) is 3.71. The molecule has 1 aliphatic heterocycles. The van der Waals surface area contributed by atoms with Crippen LogP contribution in [-0.2, 0) is 34.4 Å². The summed E-state index contributed by atoms with van der Waals surface area (Å²) in [4.78, 5) is 27.0. The molecular weight excluding hydrogens is 635 g/mol. The van der Waals surface area contributed by atoms with Gasteiger partial charge in [-0.25, -0.2) is 9.59 Å². The molecule has 0 bridgehead atoms. The number of fused-ring (bicyclic) bond motifs is 1. The SMILES string of the molecule is CC(C)OC(=O)N1c2cc(Cl)c(C(F)(F)F)cc2C(NC(=O)OCCc2cc(C(F)(F)F)cc(C(F)(F)F)c2)CC1C1CC1. The van der Waals surface area contributed by atoms with Crippen LogP contribution in [0.15, 0.2) is 30.3 Å². The Hall–Kier alpha value is -3.36. The second-order valence-corrected chi connectivity index (χ2v) is 11.2. The van der Waals surface area contributed by atoms with Crippen LogP contribution in [0.3, 0.4) is 0 Å². The molecule has 242 valence electrons. The normalized spacial score (nSPS) is 19.1. The lowest BCUT2D eigenvalue weighted by Gasteiger charge is -2.41. The molecule has 1 heterocycles. The van der Waals surface area contributed by atoms with E-state index >= 15 is 0 Å². The topological polar surface area (TPSA) is 67.9 Å². The van der Waals surface area contributed by atoms with Gasteiger partial charge < -0.3 is 14.8 Å². The van der Waals surface area contributed by atoms with Crippen LogP contribution in [0.2, 0.25) is 5.02 Å². The molecule has 2 aromatic carbocycles. The molecule has 2 unspecified atom stereocenters. The molecule has 4 rings (SSSR count). The summed E-state index contributed by atoms with van der Waals surface area (Å²) in [5, 5.41) is 1.75. The van der Waals surface area contributed by atoms with Crippen LogP contribution in [0.25, 0.3) is 0 Å². The van der Waals surface area contributed by atoms with Gasteiger partial charge in [-0.15, -0.1) is 0 Å². The highest BCUT2D eigenvalue weighted by molar-refractivity contribution is 6.31. The van der Waals surface area contributed by atoms with Crippen molar-refractivity contribution in [1.29, 1.82) is 0 Å². The zero-order valence-electron chi connectivity index (χ0n) is 23.1. The van der Waals surface area contributed by atoms with Gasteiger partial charge in [-0.3, -0.25) is 4.90 Å². The predicted molar refractivity (Wildman–Crippen MR) is 139 cm³/mol. The molecule has 0 aromatic heterocycles. The summed E-state index contributed by atoms with van der Waals surface area (Å²) in [5.41, 5.74) is -4.80. The Morgan fingerprint density at radius 2 is 1.52 bits per heavy atom. The lowest BCUT2D eigenvalue weighted by Crippen LogP contribution is -2.49. The van der Waals surface area contributed by atoms with Crippen molar-refractivity contribution in [2.45, 2.75) is 76.2 Å². The quantitative estimate of drug-likeness (QED) is 0.314. The van der Waals surface area contributed by atoms with E-state index in [9.17, 15) is 49.1 Å². The summed E-state index contributed by atoms with van der Waals surface area (Å²) < 4.78 is 130. The third-order valence-electron chi connectivity index (χ3n) is 7.13. The van der Waals surface area contributed by atoms with Crippen molar-refractivity contribution in [3.05, 3.63) is 63.2 Å². The van der Waals surface area contributed by atoms with Crippen LogP contribution >= 0.6 is 11.6 Å². The first-order chi connectivity index (χ1) is 20.3. The van der Waals surface area contributed by atoms with Crippen molar-refractivity contribution < 1.29 is 58.6 Å². The van der Waals surface area contributed by atoms with E-state index in [0.29, 0.717) is 31.0 Å². The number of benzene rings is 2. The van der Waals surface area contributed by atoms with Gasteiger partial charge in [0, 0.05) is 12.5 Å². The number of amides is 2. The smallest absolute Gasteiger partial charge is 0.417 e. The third kappa shape index (κ3) is 7.83. The second kappa shape index (κ2) is 12.2. The number of alkyl halides is 9. The van der Waals surface area contributed by atoms with Crippen molar-refractivity contribution >= 4 is 29.5 Å². The van der Waals surface area contributed by atoms with E-state index in [4.69, 9.17) is 21.1 Å². The van der Waals surface area contributed by atoms with Gasteiger partial charge in [0.15, 0.2) is 0 Å². The molecule has 2 atom stereocenters. The Kier molecular flexibility index (Phi) is 9.30. The lowest BCUT2D eigenvalue weighted by molar-refractivity contribution is -0.143. The van der Waals surface area contributed by atoms with E-state index in [-0.39, 0.29) is 29.7 Å². The van der Waals surface area contributed by atoms with Crippen molar-refractivity contribution in [2.24, 2.45) is 5.92 Å². The summed E-state index contributed by atoms with van der Waals surface area (Å²) in [6, 6.07) is 0.954. The highest BCUT2D eigenvalue weighted by Crippen LogP contribution is 2.49. The molecule has 2 amide bonds. The molecular formula is C28H26ClF9N2O4. The minimum atomic E-state index is -5.06. The number of ether oxygens (including phenoxy) is 2.